The van der Waals surface area contributed by atoms with Gasteiger partial charge in [-0.05, 0) is 41.0 Å². The summed E-state index contributed by atoms with van der Waals surface area (Å²) >= 11 is 0. The number of fused-ring (bicyclic) bond motifs is 2. The fourth-order valence-corrected chi connectivity index (χ4v) is 4.58. The predicted molar refractivity (Wildman–Crippen MR) is 129 cm³/mol. The molecule has 3 aromatic carbocycles. The Balaban J connectivity index is 1.68. The molecule has 0 saturated carbocycles. The van der Waals surface area contributed by atoms with Gasteiger partial charge >= 0.3 is 12.1 Å². The van der Waals surface area contributed by atoms with Gasteiger partial charge in [-0.25, -0.2) is 9.78 Å². The van der Waals surface area contributed by atoms with Gasteiger partial charge in [-0.3, -0.25) is 4.90 Å². The SMILES string of the molecule is O=C(O)c1c2c(nc3ccccc13)C(=Cc1cccc(C(F)(F)F)c1)CN(Cc1ccccc1)C2. The number of para-hydroxylation sites is 1. The maximum absolute atomic E-state index is 13.3. The van der Waals surface area contributed by atoms with Crippen molar-refractivity contribution in [2.45, 2.75) is 19.3 Å². The lowest BCUT2D eigenvalue weighted by molar-refractivity contribution is -0.137. The molecule has 4 aromatic rings. The van der Waals surface area contributed by atoms with Crippen LogP contribution in [0.1, 0.15) is 38.3 Å². The molecule has 4 nitrogen and oxygen atoms in total. The van der Waals surface area contributed by atoms with Gasteiger partial charge in [0.05, 0.1) is 22.3 Å². The number of carboxylic acid groups (broad SMARTS) is 1. The molecule has 7 heteroatoms. The van der Waals surface area contributed by atoms with Crippen LogP contribution >= 0.6 is 0 Å². The molecule has 0 unspecified atom stereocenters. The molecule has 0 radical (unpaired) electrons. The van der Waals surface area contributed by atoms with Crippen LogP contribution in [0.3, 0.4) is 0 Å². The van der Waals surface area contributed by atoms with E-state index in [0.29, 0.717) is 52.9 Å². The molecular weight excluding hydrogens is 453 g/mol. The van der Waals surface area contributed by atoms with Crippen LogP contribution in [-0.4, -0.2) is 27.5 Å². The number of aromatic carboxylic acids is 1. The van der Waals surface area contributed by atoms with Gasteiger partial charge in [0.1, 0.15) is 0 Å². The number of rotatable bonds is 4. The zero-order valence-corrected chi connectivity index (χ0v) is 18.6. The highest BCUT2D eigenvalue weighted by Gasteiger charge is 2.31. The summed E-state index contributed by atoms with van der Waals surface area (Å²) in [6.45, 7) is 1.35. The van der Waals surface area contributed by atoms with Crippen LogP contribution in [0.2, 0.25) is 0 Å². The molecule has 1 aliphatic heterocycles. The molecule has 176 valence electrons. The number of nitrogens with zero attached hydrogens (tertiary/aromatic N) is 2. The van der Waals surface area contributed by atoms with E-state index in [4.69, 9.17) is 4.98 Å². The molecule has 2 heterocycles. The third-order valence-electron chi connectivity index (χ3n) is 6.09. The van der Waals surface area contributed by atoms with E-state index in [2.05, 4.69) is 4.90 Å². The van der Waals surface area contributed by atoms with Gasteiger partial charge in [-0.2, -0.15) is 13.2 Å². The summed E-state index contributed by atoms with van der Waals surface area (Å²) in [6, 6.07) is 21.9. The number of carboxylic acids is 1. The highest BCUT2D eigenvalue weighted by molar-refractivity contribution is 6.06. The largest absolute Gasteiger partial charge is 0.478 e. The molecule has 5 rings (SSSR count). The van der Waals surface area contributed by atoms with E-state index in [0.717, 1.165) is 17.7 Å². The summed E-state index contributed by atoms with van der Waals surface area (Å²) in [5, 5.41) is 10.7. The Morgan fingerprint density at radius 3 is 2.46 bits per heavy atom. The van der Waals surface area contributed by atoms with Crippen LogP contribution in [0.4, 0.5) is 13.2 Å². The monoisotopic (exact) mass is 474 g/mol. The number of carbonyl (C=O) groups is 1. The molecule has 1 N–H and O–H groups in total. The third kappa shape index (κ3) is 4.68. The second-order valence-corrected chi connectivity index (χ2v) is 8.56. The Kier molecular flexibility index (Phi) is 5.86. The van der Waals surface area contributed by atoms with Gasteiger partial charge in [0.25, 0.3) is 0 Å². The zero-order chi connectivity index (χ0) is 24.6. The first-order chi connectivity index (χ1) is 16.8. The first kappa shape index (κ1) is 22.8. The number of benzene rings is 3. The Labute approximate surface area is 200 Å². The van der Waals surface area contributed by atoms with Crippen molar-refractivity contribution in [1.82, 2.24) is 9.88 Å². The average Bonchev–Trinajstić information content (AvgIpc) is 2.83. The van der Waals surface area contributed by atoms with Crippen LogP contribution < -0.4 is 0 Å². The Morgan fingerprint density at radius 1 is 0.971 bits per heavy atom. The minimum atomic E-state index is -4.46. The fraction of sp³-hybridized carbons (Fsp3) is 0.143. The molecule has 0 atom stereocenters. The number of hydrogen-bond donors (Lipinski definition) is 1. The first-order valence-corrected chi connectivity index (χ1v) is 11.1. The second kappa shape index (κ2) is 9.00. The maximum Gasteiger partial charge on any atom is 0.416 e. The van der Waals surface area contributed by atoms with Crippen molar-refractivity contribution in [2.75, 3.05) is 6.54 Å². The first-order valence-electron chi connectivity index (χ1n) is 11.1. The van der Waals surface area contributed by atoms with E-state index in [9.17, 15) is 23.1 Å². The van der Waals surface area contributed by atoms with Gasteiger partial charge < -0.3 is 5.11 Å². The molecule has 1 aliphatic rings. The van der Waals surface area contributed by atoms with Crippen LogP contribution in [0.25, 0.3) is 22.6 Å². The van der Waals surface area contributed by atoms with E-state index in [-0.39, 0.29) is 5.56 Å². The highest BCUT2D eigenvalue weighted by atomic mass is 19.4. The van der Waals surface area contributed by atoms with Crippen molar-refractivity contribution >= 4 is 28.5 Å². The topological polar surface area (TPSA) is 53.4 Å². The predicted octanol–water partition coefficient (Wildman–Crippen LogP) is 6.51. The Morgan fingerprint density at radius 2 is 1.71 bits per heavy atom. The number of hydrogen-bond acceptors (Lipinski definition) is 3. The standard InChI is InChI=1S/C28H21F3N2O2/c29-28(30,31)21-10-6-9-19(14-21)13-20-16-33(15-18-7-2-1-3-8-18)17-23-25(27(34)35)22-11-4-5-12-24(22)32-26(20)23/h1-14H,15-17H2,(H,34,35). The Hall–Kier alpha value is -3.97. The van der Waals surface area contributed by atoms with Crippen molar-refractivity contribution in [2.24, 2.45) is 0 Å². The van der Waals surface area contributed by atoms with E-state index in [1.807, 2.05) is 30.3 Å². The molecule has 0 bridgehead atoms. The lowest BCUT2D eigenvalue weighted by atomic mass is 9.91. The summed E-state index contributed by atoms with van der Waals surface area (Å²) in [5.74, 6) is -1.06. The van der Waals surface area contributed by atoms with Gasteiger partial charge in [-0.1, -0.05) is 60.7 Å². The van der Waals surface area contributed by atoms with Crippen LogP contribution in [0.15, 0.2) is 78.9 Å². The van der Waals surface area contributed by atoms with E-state index in [1.54, 1.807) is 36.4 Å². The quantitative estimate of drug-likeness (QED) is 0.366. The summed E-state index contributed by atoms with van der Waals surface area (Å²) < 4.78 is 39.9. The van der Waals surface area contributed by atoms with Crippen molar-refractivity contribution in [3.8, 4) is 0 Å². The van der Waals surface area contributed by atoms with Gasteiger partial charge in [0, 0.05) is 30.6 Å². The minimum absolute atomic E-state index is 0.179. The molecule has 1 aromatic heterocycles. The molecule has 35 heavy (non-hydrogen) atoms. The van der Waals surface area contributed by atoms with Gasteiger partial charge in [0.2, 0.25) is 0 Å². The summed E-state index contributed by atoms with van der Waals surface area (Å²) in [4.78, 5) is 19.2. The highest BCUT2D eigenvalue weighted by Crippen LogP contribution is 2.35. The maximum atomic E-state index is 13.3. The number of alkyl halides is 3. The minimum Gasteiger partial charge on any atom is -0.478 e. The van der Waals surface area contributed by atoms with Crippen LogP contribution in [-0.2, 0) is 19.3 Å². The summed E-state index contributed by atoms with van der Waals surface area (Å²) in [7, 11) is 0. The number of halogens is 3. The molecular formula is C28H21F3N2O2. The summed E-state index contributed by atoms with van der Waals surface area (Å²) in [5.41, 5.74) is 3.18. The zero-order valence-electron chi connectivity index (χ0n) is 18.6. The van der Waals surface area contributed by atoms with Crippen molar-refractivity contribution in [3.05, 3.63) is 112 Å². The van der Waals surface area contributed by atoms with E-state index in [1.165, 1.54) is 6.07 Å². The fourth-order valence-electron chi connectivity index (χ4n) is 4.58. The smallest absolute Gasteiger partial charge is 0.416 e. The third-order valence-corrected chi connectivity index (χ3v) is 6.09. The van der Waals surface area contributed by atoms with Crippen molar-refractivity contribution < 1.29 is 23.1 Å². The van der Waals surface area contributed by atoms with E-state index < -0.39 is 17.7 Å². The molecule has 0 saturated heterocycles. The van der Waals surface area contributed by atoms with E-state index >= 15 is 0 Å². The lowest BCUT2D eigenvalue weighted by Gasteiger charge is -2.31. The average molecular weight is 474 g/mol. The normalized spacial score (nSPS) is 15.3. The number of pyridine rings is 1. The summed E-state index contributed by atoms with van der Waals surface area (Å²) in [6.07, 6.45) is -2.78. The van der Waals surface area contributed by atoms with Crippen molar-refractivity contribution in [1.29, 1.82) is 0 Å². The van der Waals surface area contributed by atoms with Gasteiger partial charge in [0.15, 0.2) is 0 Å². The molecule has 0 amide bonds. The molecule has 0 aliphatic carbocycles. The second-order valence-electron chi connectivity index (χ2n) is 8.56. The van der Waals surface area contributed by atoms with Gasteiger partial charge in [-0.15, -0.1) is 0 Å². The molecule has 0 spiro atoms. The van der Waals surface area contributed by atoms with Crippen LogP contribution in [0.5, 0.6) is 0 Å². The lowest BCUT2D eigenvalue weighted by Crippen LogP contribution is -2.31. The van der Waals surface area contributed by atoms with Crippen molar-refractivity contribution in [3.63, 3.8) is 0 Å². The number of aromatic nitrogens is 1. The van der Waals surface area contributed by atoms with Crippen LogP contribution in [0, 0.1) is 0 Å². The molecule has 0 fully saturated rings. The Bertz CT molecular complexity index is 1450.